The molecule has 2 rings (SSSR count). The maximum absolute atomic E-state index is 5.46. The molecule has 0 aliphatic rings. The van der Waals surface area contributed by atoms with E-state index in [-0.39, 0.29) is 0 Å². The number of nitrogen functional groups attached to an aromatic ring is 1. The molecule has 2 aromatic heterocycles. The van der Waals surface area contributed by atoms with Crippen LogP contribution in [0.4, 0.5) is 5.82 Å². The summed E-state index contributed by atoms with van der Waals surface area (Å²) in [7, 11) is 0. The molecule has 0 atom stereocenters. The molecule has 90 valence electrons. The van der Waals surface area contributed by atoms with Gasteiger partial charge in [-0.1, -0.05) is 6.92 Å². The van der Waals surface area contributed by atoms with Crippen LogP contribution >= 0.6 is 0 Å². The van der Waals surface area contributed by atoms with Gasteiger partial charge in [0.2, 0.25) is 0 Å². The summed E-state index contributed by atoms with van der Waals surface area (Å²) in [5.41, 5.74) is 5.56. The number of furan rings is 1. The maximum Gasteiger partial charge on any atom is 0.198 e. The SMILES string of the molecule is CCc1nc(-c2occc2C)nc(NN)c1C. The van der Waals surface area contributed by atoms with Crippen LogP contribution < -0.4 is 11.3 Å². The monoisotopic (exact) mass is 232 g/mol. The lowest BCUT2D eigenvalue weighted by atomic mass is 10.2. The summed E-state index contributed by atoms with van der Waals surface area (Å²) < 4.78 is 5.40. The van der Waals surface area contributed by atoms with Gasteiger partial charge in [-0.3, -0.25) is 0 Å². The number of hydrazine groups is 1. The minimum absolute atomic E-state index is 0.572. The van der Waals surface area contributed by atoms with Gasteiger partial charge in [0.1, 0.15) is 5.82 Å². The lowest BCUT2D eigenvalue weighted by molar-refractivity contribution is 0.575. The Bertz CT molecular complexity index is 508. The second kappa shape index (κ2) is 4.55. The fraction of sp³-hybridized carbons (Fsp3) is 0.333. The number of rotatable bonds is 3. The standard InChI is InChI=1S/C12H16N4O/c1-4-9-8(3)11(16-13)15-12(14-9)10-7(2)5-6-17-10/h5-6H,4,13H2,1-3H3,(H,14,15,16). The first-order chi connectivity index (χ1) is 8.17. The van der Waals surface area contributed by atoms with E-state index < -0.39 is 0 Å². The smallest absolute Gasteiger partial charge is 0.198 e. The Balaban J connectivity index is 2.60. The van der Waals surface area contributed by atoms with Crippen molar-refractivity contribution in [3.05, 3.63) is 29.2 Å². The molecule has 0 unspecified atom stereocenters. The third-order valence-electron chi connectivity index (χ3n) is 2.78. The Morgan fingerprint density at radius 1 is 1.35 bits per heavy atom. The number of anilines is 1. The van der Waals surface area contributed by atoms with Crippen LogP contribution in [0.25, 0.3) is 11.6 Å². The zero-order chi connectivity index (χ0) is 12.4. The highest BCUT2D eigenvalue weighted by molar-refractivity contribution is 5.57. The minimum Gasteiger partial charge on any atom is -0.461 e. The Morgan fingerprint density at radius 3 is 2.65 bits per heavy atom. The van der Waals surface area contributed by atoms with E-state index in [0.717, 1.165) is 23.2 Å². The fourth-order valence-corrected chi connectivity index (χ4v) is 1.75. The quantitative estimate of drug-likeness (QED) is 0.626. The van der Waals surface area contributed by atoms with Crippen molar-refractivity contribution in [2.75, 3.05) is 5.43 Å². The van der Waals surface area contributed by atoms with Gasteiger partial charge >= 0.3 is 0 Å². The van der Waals surface area contributed by atoms with E-state index in [2.05, 4.69) is 22.3 Å². The first-order valence-corrected chi connectivity index (χ1v) is 5.56. The zero-order valence-corrected chi connectivity index (χ0v) is 10.2. The Kier molecular flexibility index (Phi) is 3.10. The highest BCUT2D eigenvalue weighted by atomic mass is 16.3. The second-order valence-corrected chi connectivity index (χ2v) is 3.90. The van der Waals surface area contributed by atoms with Gasteiger partial charge in [0, 0.05) is 11.3 Å². The Labute approximate surface area is 100 Å². The summed E-state index contributed by atoms with van der Waals surface area (Å²) in [4.78, 5) is 8.86. The van der Waals surface area contributed by atoms with Gasteiger partial charge in [-0.05, 0) is 31.9 Å². The summed E-state index contributed by atoms with van der Waals surface area (Å²) in [6, 6.07) is 1.89. The summed E-state index contributed by atoms with van der Waals surface area (Å²) >= 11 is 0. The van der Waals surface area contributed by atoms with Crippen molar-refractivity contribution in [2.24, 2.45) is 5.84 Å². The van der Waals surface area contributed by atoms with Gasteiger partial charge in [-0.15, -0.1) is 0 Å². The molecule has 3 N–H and O–H groups in total. The largest absolute Gasteiger partial charge is 0.461 e. The van der Waals surface area contributed by atoms with E-state index in [1.54, 1.807) is 6.26 Å². The number of aromatic nitrogens is 2. The molecule has 0 saturated carbocycles. The van der Waals surface area contributed by atoms with Crippen LogP contribution in [0.5, 0.6) is 0 Å². The lowest BCUT2D eigenvalue weighted by Crippen LogP contribution is -2.13. The van der Waals surface area contributed by atoms with E-state index in [9.17, 15) is 0 Å². The van der Waals surface area contributed by atoms with Gasteiger partial charge in [0.05, 0.1) is 6.26 Å². The summed E-state index contributed by atoms with van der Waals surface area (Å²) in [5.74, 6) is 7.37. The number of nitrogens with two attached hydrogens (primary N) is 1. The van der Waals surface area contributed by atoms with Crippen molar-refractivity contribution in [2.45, 2.75) is 27.2 Å². The molecular weight excluding hydrogens is 216 g/mol. The van der Waals surface area contributed by atoms with Crippen LogP contribution in [-0.4, -0.2) is 9.97 Å². The molecular formula is C12H16N4O. The molecule has 17 heavy (non-hydrogen) atoms. The molecule has 0 saturated heterocycles. The van der Waals surface area contributed by atoms with Crippen molar-refractivity contribution < 1.29 is 4.42 Å². The Morgan fingerprint density at radius 2 is 2.12 bits per heavy atom. The van der Waals surface area contributed by atoms with Crippen LogP contribution in [-0.2, 0) is 6.42 Å². The van der Waals surface area contributed by atoms with Crippen molar-refractivity contribution in [3.63, 3.8) is 0 Å². The van der Waals surface area contributed by atoms with Crippen molar-refractivity contribution in [1.29, 1.82) is 0 Å². The predicted molar refractivity (Wildman–Crippen MR) is 66.4 cm³/mol. The van der Waals surface area contributed by atoms with Crippen molar-refractivity contribution in [3.8, 4) is 11.6 Å². The molecule has 0 fully saturated rings. The van der Waals surface area contributed by atoms with Crippen LogP contribution in [0.3, 0.4) is 0 Å². The van der Waals surface area contributed by atoms with Gasteiger partial charge in [0.25, 0.3) is 0 Å². The van der Waals surface area contributed by atoms with Crippen LogP contribution in [0.1, 0.15) is 23.7 Å². The second-order valence-electron chi connectivity index (χ2n) is 3.90. The highest BCUT2D eigenvalue weighted by Gasteiger charge is 2.14. The number of hydrogen-bond acceptors (Lipinski definition) is 5. The van der Waals surface area contributed by atoms with Gasteiger partial charge in [-0.2, -0.15) is 0 Å². The molecule has 0 spiro atoms. The van der Waals surface area contributed by atoms with Crippen LogP contribution in [0, 0.1) is 13.8 Å². The van der Waals surface area contributed by atoms with E-state index >= 15 is 0 Å². The van der Waals surface area contributed by atoms with Gasteiger partial charge < -0.3 is 9.84 Å². The number of hydrogen-bond donors (Lipinski definition) is 2. The highest BCUT2D eigenvalue weighted by Crippen LogP contribution is 2.24. The summed E-state index contributed by atoms with van der Waals surface area (Å²) in [5, 5.41) is 0. The van der Waals surface area contributed by atoms with E-state index in [4.69, 9.17) is 10.3 Å². The van der Waals surface area contributed by atoms with Crippen molar-refractivity contribution >= 4 is 5.82 Å². The predicted octanol–water partition coefficient (Wildman–Crippen LogP) is 2.20. The molecule has 0 aliphatic heterocycles. The third-order valence-corrected chi connectivity index (χ3v) is 2.78. The third kappa shape index (κ3) is 2.01. The molecule has 0 radical (unpaired) electrons. The molecule has 2 heterocycles. The molecule has 0 amide bonds. The summed E-state index contributed by atoms with van der Waals surface area (Å²) in [6.07, 6.45) is 2.46. The lowest BCUT2D eigenvalue weighted by Gasteiger charge is -2.10. The Hall–Kier alpha value is -1.88. The van der Waals surface area contributed by atoms with Gasteiger partial charge in [0.15, 0.2) is 11.6 Å². The van der Waals surface area contributed by atoms with E-state index in [1.165, 1.54) is 0 Å². The minimum atomic E-state index is 0.572. The molecule has 5 nitrogen and oxygen atoms in total. The van der Waals surface area contributed by atoms with E-state index in [0.29, 0.717) is 17.4 Å². The maximum atomic E-state index is 5.46. The number of nitrogens with one attached hydrogen (secondary N) is 1. The molecule has 0 aliphatic carbocycles. The molecule has 0 bridgehead atoms. The summed E-state index contributed by atoms with van der Waals surface area (Å²) in [6.45, 7) is 5.96. The first-order valence-electron chi connectivity index (χ1n) is 5.56. The number of aryl methyl sites for hydroxylation is 2. The normalized spacial score (nSPS) is 10.6. The van der Waals surface area contributed by atoms with Crippen molar-refractivity contribution in [1.82, 2.24) is 9.97 Å². The zero-order valence-electron chi connectivity index (χ0n) is 10.2. The average Bonchev–Trinajstić information content (AvgIpc) is 2.76. The molecule has 5 heteroatoms. The van der Waals surface area contributed by atoms with Crippen LogP contribution in [0.2, 0.25) is 0 Å². The van der Waals surface area contributed by atoms with Gasteiger partial charge in [-0.25, -0.2) is 15.8 Å². The topological polar surface area (TPSA) is 77.0 Å². The number of nitrogens with zero attached hydrogens (tertiary/aromatic N) is 2. The first kappa shape index (κ1) is 11.6. The molecule has 2 aromatic rings. The van der Waals surface area contributed by atoms with Crippen LogP contribution in [0.15, 0.2) is 16.7 Å². The van der Waals surface area contributed by atoms with E-state index in [1.807, 2.05) is 19.9 Å². The fourth-order valence-electron chi connectivity index (χ4n) is 1.75. The average molecular weight is 232 g/mol. The molecule has 0 aromatic carbocycles.